The number of hydrogen-bond acceptors (Lipinski definition) is 5. The average molecular weight is 331 g/mol. The number of aromatic nitrogens is 2. The van der Waals surface area contributed by atoms with E-state index < -0.39 is 0 Å². The Morgan fingerprint density at radius 1 is 1.17 bits per heavy atom. The number of nitrogens with zero attached hydrogens (tertiary/aromatic N) is 4. The lowest BCUT2D eigenvalue weighted by atomic mass is 9.84. The average Bonchev–Trinajstić information content (AvgIpc) is 2.97. The number of carbonyl (C=O) groups excluding carboxylic acids is 2. The first-order valence-electron chi connectivity index (χ1n) is 8.58. The molecule has 0 aromatic carbocycles. The SMILES string of the molecule is CNC(=O)CN1CCCC12CCN(C(=O)c1cnc(C)cn1)CC2. The van der Waals surface area contributed by atoms with Gasteiger partial charge in [0.25, 0.3) is 5.91 Å². The highest BCUT2D eigenvalue weighted by Gasteiger charge is 2.44. The van der Waals surface area contributed by atoms with E-state index in [1.165, 1.54) is 0 Å². The Hall–Kier alpha value is -2.02. The molecular weight excluding hydrogens is 306 g/mol. The molecule has 3 rings (SSSR count). The van der Waals surface area contributed by atoms with Gasteiger partial charge in [-0.1, -0.05) is 0 Å². The van der Waals surface area contributed by atoms with Crippen LogP contribution < -0.4 is 5.32 Å². The lowest BCUT2D eigenvalue weighted by Crippen LogP contribution is -2.55. The van der Waals surface area contributed by atoms with Gasteiger partial charge in [-0.25, -0.2) is 4.98 Å². The Balaban J connectivity index is 1.63. The van der Waals surface area contributed by atoms with Gasteiger partial charge in [0.05, 0.1) is 18.4 Å². The third-order valence-electron chi connectivity index (χ3n) is 5.34. The molecule has 1 spiro atoms. The Morgan fingerprint density at radius 3 is 2.54 bits per heavy atom. The third kappa shape index (κ3) is 3.26. The van der Waals surface area contributed by atoms with Crippen molar-refractivity contribution in [1.29, 1.82) is 0 Å². The van der Waals surface area contributed by atoms with Crippen molar-refractivity contribution < 1.29 is 9.59 Å². The standard InChI is InChI=1S/C17H25N5O2/c1-13-10-20-14(11-19-13)16(24)21-8-5-17(6-9-21)4-3-7-22(17)12-15(23)18-2/h10-11H,3-9,12H2,1-2H3,(H,18,23). The van der Waals surface area contributed by atoms with Crippen LogP contribution in [-0.2, 0) is 4.79 Å². The first-order chi connectivity index (χ1) is 11.5. The molecule has 1 N–H and O–H groups in total. The van der Waals surface area contributed by atoms with Crippen LogP contribution in [0.1, 0.15) is 41.9 Å². The van der Waals surface area contributed by atoms with Gasteiger partial charge in [-0.15, -0.1) is 0 Å². The minimum atomic E-state index is -0.0480. The summed E-state index contributed by atoms with van der Waals surface area (Å²) in [7, 11) is 1.68. The zero-order valence-electron chi connectivity index (χ0n) is 14.4. The van der Waals surface area contributed by atoms with Gasteiger partial charge in [0.15, 0.2) is 0 Å². The largest absolute Gasteiger partial charge is 0.358 e. The predicted molar refractivity (Wildman–Crippen MR) is 89.5 cm³/mol. The number of likely N-dealkylation sites (tertiary alicyclic amines) is 2. The van der Waals surface area contributed by atoms with E-state index >= 15 is 0 Å². The van der Waals surface area contributed by atoms with Crippen molar-refractivity contribution in [1.82, 2.24) is 25.1 Å². The normalized spacial score (nSPS) is 20.3. The number of likely N-dealkylation sites (N-methyl/N-ethyl adjacent to an activating group) is 1. The van der Waals surface area contributed by atoms with Gasteiger partial charge in [0.2, 0.25) is 5.91 Å². The van der Waals surface area contributed by atoms with Crippen LogP contribution in [0.2, 0.25) is 0 Å². The fourth-order valence-corrected chi connectivity index (χ4v) is 3.85. The Morgan fingerprint density at radius 2 is 1.92 bits per heavy atom. The molecule has 2 saturated heterocycles. The van der Waals surface area contributed by atoms with E-state index in [0.29, 0.717) is 25.3 Å². The Bertz CT molecular complexity index is 608. The van der Waals surface area contributed by atoms with Crippen LogP contribution in [0.4, 0.5) is 0 Å². The van der Waals surface area contributed by atoms with Crippen molar-refractivity contribution in [2.45, 2.75) is 38.1 Å². The number of nitrogens with one attached hydrogen (secondary N) is 1. The molecule has 1 aromatic rings. The summed E-state index contributed by atoms with van der Waals surface area (Å²) in [4.78, 5) is 36.8. The quantitative estimate of drug-likeness (QED) is 0.878. The Labute approximate surface area is 142 Å². The fraction of sp³-hybridized carbons (Fsp3) is 0.647. The van der Waals surface area contributed by atoms with Crippen LogP contribution in [0.25, 0.3) is 0 Å². The van der Waals surface area contributed by atoms with Crippen LogP contribution >= 0.6 is 0 Å². The first-order valence-corrected chi connectivity index (χ1v) is 8.58. The van der Waals surface area contributed by atoms with Crippen molar-refractivity contribution in [2.24, 2.45) is 0 Å². The molecular formula is C17H25N5O2. The minimum absolute atomic E-state index is 0.0480. The monoisotopic (exact) mass is 331 g/mol. The number of aryl methyl sites for hydroxylation is 1. The molecule has 2 amide bonds. The second-order valence-electron chi connectivity index (χ2n) is 6.76. The molecule has 0 aliphatic carbocycles. The highest BCUT2D eigenvalue weighted by molar-refractivity contribution is 5.92. The number of carbonyl (C=O) groups is 2. The molecule has 1 aromatic heterocycles. The summed E-state index contributed by atoms with van der Waals surface area (Å²) in [6.07, 6.45) is 7.23. The van der Waals surface area contributed by atoms with Crippen LogP contribution in [0.5, 0.6) is 0 Å². The van der Waals surface area contributed by atoms with Crippen LogP contribution in [-0.4, -0.2) is 70.3 Å². The van der Waals surface area contributed by atoms with Crippen LogP contribution in [0.15, 0.2) is 12.4 Å². The maximum absolute atomic E-state index is 12.6. The van der Waals surface area contributed by atoms with Crippen molar-refractivity contribution in [3.05, 3.63) is 23.8 Å². The maximum Gasteiger partial charge on any atom is 0.274 e. The Kier molecular flexibility index (Phi) is 4.80. The number of piperidine rings is 1. The van der Waals surface area contributed by atoms with E-state index in [-0.39, 0.29) is 17.4 Å². The molecule has 0 unspecified atom stereocenters. The molecule has 3 heterocycles. The van der Waals surface area contributed by atoms with E-state index in [4.69, 9.17) is 0 Å². The van der Waals surface area contributed by atoms with Gasteiger partial charge in [0, 0.05) is 31.9 Å². The summed E-state index contributed by atoms with van der Waals surface area (Å²) >= 11 is 0. The second-order valence-corrected chi connectivity index (χ2v) is 6.76. The molecule has 130 valence electrons. The summed E-state index contributed by atoms with van der Waals surface area (Å²) in [5.74, 6) is 0.0120. The molecule has 0 radical (unpaired) electrons. The molecule has 7 nitrogen and oxygen atoms in total. The topological polar surface area (TPSA) is 78.4 Å². The van der Waals surface area contributed by atoms with E-state index in [9.17, 15) is 9.59 Å². The molecule has 24 heavy (non-hydrogen) atoms. The molecule has 7 heteroatoms. The molecule has 0 bridgehead atoms. The molecule has 0 atom stereocenters. The molecule has 0 saturated carbocycles. The predicted octanol–water partition coefficient (Wildman–Crippen LogP) is 0.602. The summed E-state index contributed by atoms with van der Waals surface area (Å²) in [6, 6.07) is 0. The minimum Gasteiger partial charge on any atom is -0.358 e. The van der Waals surface area contributed by atoms with Gasteiger partial charge in [0.1, 0.15) is 5.69 Å². The highest BCUT2D eigenvalue weighted by atomic mass is 16.2. The van der Waals surface area contributed by atoms with Gasteiger partial charge >= 0.3 is 0 Å². The summed E-state index contributed by atoms with van der Waals surface area (Å²) in [5.41, 5.74) is 1.28. The van der Waals surface area contributed by atoms with Crippen LogP contribution in [0.3, 0.4) is 0 Å². The van der Waals surface area contributed by atoms with E-state index in [1.807, 2.05) is 11.8 Å². The second kappa shape index (κ2) is 6.84. The van der Waals surface area contributed by atoms with Crippen molar-refractivity contribution in [3.63, 3.8) is 0 Å². The van der Waals surface area contributed by atoms with Crippen LogP contribution in [0, 0.1) is 6.92 Å². The van der Waals surface area contributed by atoms with Gasteiger partial charge in [-0.2, -0.15) is 0 Å². The maximum atomic E-state index is 12.6. The fourth-order valence-electron chi connectivity index (χ4n) is 3.85. The lowest BCUT2D eigenvalue weighted by Gasteiger charge is -2.44. The van der Waals surface area contributed by atoms with E-state index in [2.05, 4.69) is 20.2 Å². The summed E-state index contributed by atoms with van der Waals surface area (Å²) in [5, 5.41) is 2.71. The van der Waals surface area contributed by atoms with Crippen molar-refractivity contribution in [3.8, 4) is 0 Å². The number of amides is 2. The lowest BCUT2D eigenvalue weighted by molar-refractivity contribution is -0.123. The highest BCUT2D eigenvalue weighted by Crippen LogP contribution is 2.38. The summed E-state index contributed by atoms with van der Waals surface area (Å²) < 4.78 is 0. The van der Waals surface area contributed by atoms with Gasteiger partial charge in [-0.05, 0) is 39.2 Å². The molecule has 2 fully saturated rings. The smallest absolute Gasteiger partial charge is 0.274 e. The summed E-state index contributed by atoms with van der Waals surface area (Å²) in [6.45, 7) is 4.68. The van der Waals surface area contributed by atoms with Crippen molar-refractivity contribution in [2.75, 3.05) is 33.2 Å². The zero-order chi connectivity index (χ0) is 17.2. The molecule has 2 aliphatic heterocycles. The third-order valence-corrected chi connectivity index (χ3v) is 5.34. The molecule has 2 aliphatic rings. The number of rotatable bonds is 3. The van der Waals surface area contributed by atoms with E-state index in [0.717, 1.165) is 37.9 Å². The van der Waals surface area contributed by atoms with E-state index in [1.54, 1.807) is 19.4 Å². The number of hydrogen-bond donors (Lipinski definition) is 1. The van der Waals surface area contributed by atoms with Gasteiger partial charge < -0.3 is 10.2 Å². The van der Waals surface area contributed by atoms with Gasteiger partial charge in [-0.3, -0.25) is 19.5 Å². The zero-order valence-corrected chi connectivity index (χ0v) is 14.4. The van der Waals surface area contributed by atoms with Crippen molar-refractivity contribution >= 4 is 11.8 Å². The first kappa shape index (κ1) is 16.8.